The van der Waals surface area contributed by atoms with E-state index in [9.17, 15) is 8.78 Å². The minimum absolute atomic E-state index is 0.394. The molecule has 1 atom stereocenters. The molecular formula is C15H24F2N2. The van der Waals surface area contributed by atoms with Crippen LogP contribution in [0.15, 0.2) is 18.2 Å². The van der Waals surface area contributed by atoms with Gasteiger partial charge in [-0.2, -0.15) is 0 Å². The van der Waals surface area contributed by atoms with Gasteiger partial charge in [0, 0.05) is 12.6 Å². The lowest BCUT2D eigenvalue weighted by atomic mass is 10.1. The summed E-state index contributed by atoms with van der Waals surface area (Å²) in [5.41, 5.74) is 0.821. The second-order valence-corrected chi connectivity index (χ2v) is 4.84. The van der Waals surface area contributed by atoms with E-state index < -0.39 is 11.6 Å². The van der Waals surface area contributed by atoms with E-state index >= 15 is 0 Å². The molecule has 0 aliphatic carbocycles. The molecule has 1 N–H and O–H groups in total. The first-order valence-electron chi connectivity index (χ1n) is 6.96. The Morgan fingerprint density at radius 3 is 2.42 bits per heavy atom. The van der Waals surface area contributed by atoms with Crippen LogP contribution in [-0.2, 0) is 6.42 Å². The van der Waals surface area contributed by atoms with Crippen molar-refractivity contribution in [2.45, 2.75) is 33.2 Å². The number of hydrogen-bond acceptors (Lipinski definition) is 2. The minimum atomic E-state index is -0.786. The molecule has 0 aromatic heterocycles. The van der Waals surface area contributed by atoms with Crippen molar-refractivity contribution in [3.8, 4) is 0 Å². The SMILES string of the molecule is CCN(CC)CC(C)NCCc1ccc(F)c(F)c1. The fourth-order valence-corrected chi connectivity index (χ4v) is 2.09. The van der Waals surface area contributed by atoms with Gasteiger partial charge in [-0.05, 0) is 50.7 Å². The molecule has 1 aromatic carbocycles. The van der Waals surface area contributed by atoms with Crippen molar-refractivity contribution in [1.82, 2.24) is 10.2 Å². The van der Waals surface area contributed by atoms with Gasteiger partial charge in [-0.3, -0.25) is 0 Å². The molecule has 0 aliphatic rings. The van der Waals surface area contributed by atoms with Crippen LogP contribution in [0.5, 0.6) is 0 Å². The number of rotatable bonds is 8. The van der Waals surface area contributed by atoms with Crippen LogP contribution in [0.2, 0.25) is 0 Å². The van der Waals surface area contributed by atoms with Gasteiger partial charge >= 0.3 is 0 Å². The summed E-state index contributed by atoms with van der Waals surface area (Å²) in [7, 11) is 0. The maximum Gasteiger partial charge on any atom is 0.159 e. The van der Waals surface area contributed by atoms with Gasteiger partial charge in [0.25, 0.3) is 0 Å². The average molecular weight is 270 g/mol. The number of nitrogens with zero attached hydrogens (tertiary/aromatic N) is 1. The highest BCUT2D eigenvalue weighted by molar-refractivity contribution is 5.18. The van der Waals surface area contributed by atoms with Gasteiger partial charge in [0.05, 0.1) is 0 Å². The largest absolute Gasteiger partial charge is 0.313 e. The molecule has 4 heteroatoms. The monoisotopic (exact) mass is 270 g/mol. The first-order valence-corrected chi connectivity index (χ1v) is 6.96. The fraction of sp³-hybridized carbons (Fsp3) is 0.600. The van der Waals surface area contributed by atoms with Crippen molar-refractivity contribution in [3.05, 3.63) is 35.4 Å². The number of hydrogen-bond donors (Lipinski definition) is 1. The lowest BCUT2D eigenvalue weighted by Crippen LogP contribution is -2.39. The summed E-state index contributed by atoms with van der Waals surface area (Å²) in [6.07, 6.45) is 0.708. The van der Waals surface area contributed by atoms with Crippen molar-refractivity contribution in [2.24, 2.45) is 0 Å². The Morgan fingerprint density at radius 1 is 1.16 bits per heavy atom. The normalized spacial score (nSPS) is 12.9. The molecule has 0 bridgehead atoms. The highest BCUT2D eigenvalue weighted by Crippen LogP contribution is 2.08. The predicted molar refractivity (Wildman–Crippen MR) is 75.3 cm³/mol. The van der Waals surface area contributed by atoms with Crippen molar-refractivity contribution >= 4 is 0 Å². The molecule has 0 spiro atoms. The summed E-state index contributed by atoms with van der Waals surface area (Å²) < 4.78 is 25.8. The molecule has 0 fully saturated rings. The smallest absolute Gasteiger partial charge is 0.159 e. The highest BCUT2D eigenvalue weighted by Gasteiger charge is 2.07. The summed E-state index contributed by atoms with van der Waals surface area (Å²) in [4.78, 5) is 2.36. The van der Waals surface area contributed by atoms with Gasteiger partial charge in [0.1, 0.15) is 0 Å². The third kappa shape index (κ3) is 5.66. The zero-order chi connectivity index (χ0) is 14.3. The molecule has 1 rings (SSSR count). The van der Waals surface area contributed by atoms with E-state index in [2.05, 4.69) is 31.0 Å². The maximum atomic E-state index is 13.0. The van der Waals surface area contributed by atoms with Crippen LogP contribution in [0.3, 0.4) is 0 Å². The van der Waals surface area contributed by atoms with Gasteiger partial charge in [0.15, 0.2) is 11.6 Å². The average Bonchev–Trinajstić information content (AvgIpc) is 2.40. The van der Waals surface area contributed by atoms with Gasteiger partial charge in [-0.1, -0.05) is 19.9 Å². The zero-order valence-electron chi connectivity index (χ0n) is 12.0. The summed E-state index contributed by atoms with van der Waals surface area (Å²) in [6, 6.07) is 4.48. The van der Waals surface area contributed by atoms with E-state index in [1.54, 1.807) is 6.07 Å². The number of benzene rings is 1. The third-order valence-electron chi connectivity index (χ3n) is 3.32. The van der Waals surface area contributed by atoms with E-state index in [1.807, 2.05) is 0 Å². The van der Waals surface area contributed by atoms with Gasteiger partial charge in [-0.25, -0.2) is 8.78 Å². The fourth-order valence-electron chi connectivity index (χ4n) is 2.09. The molecule has 1 aromatic rings. The zero-order valence-corrected chi connectivity index (χ0v) is 12.0. The van der Waals surface area contributed by atoms with Crippen LogP contribution in [-0.4, -0.2) is 37.1 Å². The van der Waals surface area contributed by atoms with Gasteiger partial charge in [0.2, 0.25) is 0 Å². The molecule has 2 nitrogen and oxygen atoms in total. The summed E-state index contributed by atoms with van der Waals surface area (Å²) in [5, 5.41) is 3.41. The molecule has 108 valence electrons. The first kappa shape index (κ1) is 16.1. The van der Waals surface area contributed by atoms with Crippen LogP contribution < -0.4 is 5.32 Å². The second kappa shape index (κ2) is 8.23. The number of nitrogens with one attached hydrogen (secondary N) is 1. The van der Waals surface area contributed by atoms with E-state index in [-0.39, 0.29) is 0 Å². The Bertz CT molecular complexity index is 378. The molecule has 0 radical (unpaired) electrons. The van der Waals surface area contributed by atoms with Gasteiger partial charge < -0.3 is 10.2 Å². The van der Waals surface area contributed by atoms with Crippen molar-refractivity contribution in [3.63, 3.8) is 0 Å². The van der Waals surface area contributed by atoms with Crippen molar-refractivity contribution < 1.29 is 8.78 Å². The number of likely N-dealkylation sites (N-methyl/N-ethyl adjacent to an activating group) is 1. The van der Waals surface area contributed by atoms with Crippen LogP contribution >= 0.6 is 0 Å². The molecular weight excluding hydrogens is 246 g/mol. The van der Waals surface area contributed by atoms with E-state index in [4.69, 9.17) is 0 Å². The summed E-state index contributed by atoms with van der Waals surface area (Å²) in [5.74, 6) is -1.56. The molecule has 0 saturated carbocycles. The van der Waals surface area contributed by atoms with Crippen LogP contribution in [0.1, 0.15) is 26.3 Å². The molecule has 0 aliphatic heterocycles. The Hall–Kier alpha value is -1.00. The summed E-state index contributed by atoms with van der Waals surface area (Å²) >= 11 is 0. The standard InChI is InChI=1S/C15H24F2N2/c1-4-19(5-2)11-12(3)18-9-8-13-6-7-14(16)15(17)10-13/h6-7,10,12,18H,4-5,8-9,11H2,1-3H3. The lowest BCUT2D eigenvalue weighted by molar-refractivity contribution is 0.272. The summed E-state index contributed by atoms with van der Waals surface area (Å²) in [6.45, 7) is 10.3. The quantitative estimate of drug-likeness (QED) is 0.781. The van der Waals surface area contributed by atoms with Crippen LogP contribution in [0.25, 0.3) is 0 Å². The Kier molecular flexibility index (Phi) is 6.95. The van der Waals surface area contributed by atoms with E-state index in [0.717, 1.165) is 31.7 Å². The van der Waals surface area contributed by atoms with E-state index in [0.29, 0.717) is 12.5 Å². The predicted octanol–water partition coefficient (Wildman–Crippen LogP) is 2.83. The Morgan fingerprint density at radius 2 is 1.84 bits per heavy atom. The number of halogens is 2. The second-order valence-electron chi connectivity index (χ2n) is 4.84. The Balaban J connectivity index is 2.31. The van der Waals surface area contributed by atoms with Gasteiger partial charge in [-0.15, -0.1) is 0 Å². The Labute approximate surface area is 114 Å². The molecule has 0 saturated heterocycles. The van der Waals surface area contributed by atoms with E-state index in [1.165, 1.54) is 12.1 Å². The highest BCUT2D eigenvalue weighted by atomic mass is 19.2. The lowest BCUT2D eigenvalue weighted by Gasteiger charge is -2.23. The molecule has 1 unspecified atom stereocenters. The minimum Gasteiger partial charge on any atom is -0.313 e. The van der Waals surface area contributed by atoms with Crippen LogP contribution in [0.4, 0.5) is 8.78 Å². The first-order chi connectivity index (χ1) is 9.06. The topological polar surface area (TPSA) is 15.3 Å². The van der Waals surface area contributed by atoms with Crippen molar-refractivity contribution in [1.29, 1.82) is 0 Å². The van der Waals surface area contributed by atoms with Crippen molar-refractivity contribution in [2.75, 3.05) is 26.2 Å². The molecule has 0 heterocycles. The molecule has 0 amide bonds. The molecule has 19 heavy (non-hydrogen) atoms. The van der Waals surface area contributed by atoms with Crippen LogP contribution in [0, 0.1) is 11.6 Å². The maximum absolute atomic E-state index is 13.0. The third-order valence-corrected chi connectivity index (χ3v) is 3.32.